The maximum atomic E-state index is 12.7. The number of nitrogens with zero attached hydrogens (tertiary/aromatic N) is 1. The molecule has 0 unspecified atom stereocenters. The molecule has 0 heterocycles. The van der Waals surface area contributed by atoms with E-state index in [1.54, 1.807) is 48.5 Å². The summed E-state index contributed by atoms with van der Waals surface area (Å²) in [4.78, 5) is 12.3. The van der Waals surface area contributed by atoms with Crippen LogP contribution in [0.5, 0.6) is 0 Å². The van der Waals surface area contributed by atoms with Crippen LogP contribution in [0.4, 0.5) is 5.69 Å². The first kappa shape index (κ1) is 18.0. The minimum atomic E-state index is -3.67. The fraction of sp³-hybridized carbons (Fsp3) is 0.278. The molecule has 0 bridgehead atoms. The van der Waals surface area contributed by atoms with Crippen LogP contribution < -0.4 is 9.62 Å². The van der Waals surface area contributed by atoms with Crippen LogP contribution in [-0.2, 0) is 10.0 Å². The number of benzene rings is 2. The molecular formula is C18H22N2O3S. The van der Waals surface area contributed by atoms with Crippen molar-refractivity contribution in [2.75, 3.05) is 17.9 Å². The van der Waals surface area contributed by atoms with Crippen LogP contribution in [-0.4, -0.2) is 27.9 Å². The number of hydrogen-bond acceptors (Lipinski definition) is 3. The van der Waals surface area contributed by atoms with Gasteiger partial charge in [-0.05, 0) is 43.7 Å². The summed E-state index contributed by atoms with van der Waals surface area (Å²) in [5, 5.41) is 2.78. The lowest BCUT2D eigenvalue weighted by atomic mass is 10.2. The fourth-order valence-corrected chi connectivity index (χ4v) is 3.38. The van der Waals surface area contributed by atoms with Gasteiger partial charge in [0.05, 0.1) is 10.6 Å². The molecular weight excluding hydrogens is 324 g/mol. The maximum absolute atomic E-state index is 12.7. The van der Waals surface area contributed by atoms with E-state index < -0.39 is 10.0 Å². The molecule has 0 radical (unpaired) electrons. The van der Waals surface area contributed by atoms with Gasteiger partial charge < -0.3 is 5.32 Å². The van der Waals surface area contributed by atoms with E-state index in [0.717, 1.165) is 12.0 Å². The SMILES string of the molecule is CCCNC(=O)c1cccc(N(C)S(=O)(=O)c2ccc(C)cc2)c1. The van der Waals surface area contributed by atoms with Gasteiger partial charge in [0.15, 0.2) is 0 Å². The summed E-state index contributed by atoms with van der Waals surface area (Å²) in [5.41, 5.74) is 1.87. The number of carbonyl (C=O) groups excluding carboxylic acids is 1. The number of carbonyl (C=O) groups is 1. The van der Waals surface area contributed by atoms with Gasteiger partial charge in [-0.15, -0.1) is 0 Å². The Morgan fingerprint density at radius 3 is 2.42 bits per heavy atom. The summed E-state index contributed by atoms with van der Waals surface area (Å²) in [6.07, 6.45) is 0.840. The quantitative estimate of drug-likeness (QED) is 0.874. The molecule has 1 amide bonds. The zero-order valence-corrected chi connectivity index (χ0v) is 14.9. The van der Waals surface area contributed by atoms with E-state index in [1.807, 2.05) is 13.8 Å². The van der Waals surface area contributed by atoms with Crippen molar-refractivity contribution in [3.8, 4) is 0 Å². The van der Waals surface area contributed by atoms with E-state index >= 15 is 0 Å². The molecule has 2 aromatic carbocycles. The zero-order chi connectivity index (χ0) is 17.7. The van der Waals surface area contributed by atoms with Crippen molar-refractivity contribution in [2.45, 2.75) is 25.2 Å². The number of nitrogens with one attached hydrogen (secondary N) is 1. The van der Waals surface area contributed by atoms with Crippen LogP contribution in [0, 0.1) is 6.92 Å². The Bertz CT molecular complexity index is 814. The van der Waals surface area contributed by atoms with E-state index in [-0.39, 0.29) is 10.8 Å². The summed E-state index contributed by atoms with van der Waals surface area (Å²) in [6, 6.07) is 13.3. The molecule has 0 aliphatic rings. The van der Waals surface area contributed by atoms with E-state index in [9.17, 15) is 13.2 Å². The largest absolute Gasteiger partial charge is 0.352 e. The van der Waals surface area contributed by atoms with Crippen molar-refractivity contribution < 1.29 is 13.2 Å². The number of amides is 1. The third-order valence-electron chi connectivity index (χ3n) is 3.69. The zero-order valence-electron chi connectivity index (χ0n) is 14.1. The Hall–Kier alpha value is -2.34. The molecule has 6 heteroatoms. The van der Waals surface area contributed by atoms with Gasteiger partial charge in [-0.25, -0.2) is 8.42 Å². The van der Waals surface area contributed by atoms with E-state index in [0.29, 0.717) is 17.8 Å². The lowest BCUT2D eigenvalue weighted by Gasteiger charge is -2.20. The number of aryl methyl sites for hydroxylation is 1. The van der Waals surface area contributed by atoms with Crippen LogP contribution >= 0.6 is 0 Å². The smallest absolute Gasteiger partial charge is 0.264 e. The van der Waals surface area contributed by atoms with E-state index in [4.69, 9.17) is 0 Å². The molecule has 2 rings (SSSR count). The van der Waals surface area contributed by atoms with Crippen LogP contribution in [0.15, 0.2) is 53.4 Å². The van der Waals surface area contributed by atoms with Gasteiger partial charge in [0.2, 0.25) is 0 Å². The summed E-state index contributed by atoms with van der Waals surface area (Å²) in [7, 11) is -2.18. The van der Waals surface area contributed by atoms with Crippen LogP contribution in [0.1, 0.15) is 29.3 Å². The molecule has 5 nitrogen and oxygen atoms in total. The van der Waals surface area contributed by atoms with Crippen molar-refractivity contribution >= 4 is 21.6 Å². The van der Waals surface area contributed by atoms with Gasteiger partial charge in [-0.2, -0.15) is 0 Å². The second-order valence-electron chi connectivity index (χ2n) is 5.59. The highest BCUT2D eigenvalue weighted by Gasteiger charge is 2.21. The Kier molecular flexibility index (Phi) is 5.62. The minimum Gasteiger partial charge on any atom is -0.352 e. The lowest BCUT2D eigenvalue weighted by molar-refractivity contribution is 0.0953. The van der Waals surface area contributed by atoms with Crippen LogP contribution in [0.2, 0.25) is 0 Å². The van der Waals surface area contributed by atoms with Crippen molar-refractivity contribution in [3.63, 3.8) is 0 Å². The molecule has 2 aromatic rings. The Balaban J connectivity index is 2.30. The van der Waals surface area contributed by atoms with Crippen molar-refractivity contribution in [1.29, 1.82) is 0 Å². The molecule has 128 valence electrons. The highest BCUT2D eigenvalue weighted by Crippen LogP contribution is 2.23. The Labute approximate surface area is 143 Å². The number of anilines is 1. The van der Waals surface area contributed by atoms with Gasteiger partial charge >= 0.3 is 0 Å². The predicted molar refractivity (Wildman–Crippen MR) is 95.8 cm³/mol. The summed E-state index contributed by atoms with van der Waals surface area (Å²) >= 11 is 0. The molecule has 0 atom stereocenters. The molecule has 0 aliphatic carbocycles. The molecule has 0 aromatic heterocycles. The Morgan fingerprint density at radius 1 is 1.12 bits per heavy atom. The molecule has 24 heavy (non-hydrogen) atoms. The molecule has 0 saturated carbocycles. The van der Waals surface area contributed by atoms with Crippen LogP contribution in [0.25, 0.3) is 0 Å². The van der Waals surface area contributed by atoms with Gasteiger partial charge in [0, 0.05) is 19.2 Å². The molecule has 0 fully saturated rings. The Morgan fingerprint density at radius 2 is 1.79 bits per heavy atom. The topological polar surface area (TPSA) is 66.5 Å². The summed E-state index contributed by atoms with van der Waals surface area (Å²) in [6.45, 7) is 4.46. The third kappa shape index (κ3) is 3.94. The van der Waals surface area contributed by atoms with Gasteiger partial charge in [0.1, 0.15) is 0 Å². The molecule has 0 aliphatic heterocycles. The average Bonchev–Trinajstić information content (AvgIpc) is 2.59. The summed E-state index contributed by atoms with van der Waals surface area (Å²) < 4.78 is 26.6. The van der Waals surface area contributed by atoms with Gasteiger partial charge in [-0.3, -0.25) is 9.10 Å². The molecule has 0 saturated heterocycles. The van der Waals surface area contributed by atoms with Crippen molar-refractivity contribution in [3.05, 3.63) is 59.7 Å². The second-order valence-corrected chi connectivity index (χ2v) is 7.56. The van der Waals surface area contributed by atoms with E-state index in [1.165, 1.54) is 11.4 Å². The van der Waals surface area contributed by atoms with Crippen molar-refractivity contribution in [2.24, 2.45) is 0 Å². The number of hydrogen-bond donors (Lipinski definition) is 1. The lowest BCUT2D eigenvalue weighted by Crippen LogP contribution is -2.28. The van der Waals surface area contributed by atoms with Gasteiger partial charge in [-0.1, -0.05) is 30.7 Å². The summed E-state index contributed by atoms with van der Waals surface area (Å²) in [5.74, 6) is -0.208. The molecule has 0 spiro atoms. The first-order valence-corrected chi connectivity index (χ1v) is 9.24. The average molecular weight is 346 g/mol. The standard InChI is InChI=1S/C18H22N2O3S/c1-4-12-19-18(21)15-6-5-7-16(13-15)20(3)24(22,23)17-10-8-14(2)9-11-17/h5-11,13H,4,12H2,1-3H3,(H,19,21). The van der Waals surface area contributed by atoms with Crippen LogP contribution in [0.3, 0.4) is 0 Å². The van der Waals surface area contributed by atoms with E-state index in [2.05, 4.69) is 5.32 Å². The third-order valence-corrected chi connectivity index (χ3v) is 5.49. The second kappa shape index (κ2) is 7.49. The number of sulfonamides is 1. The number of rotatable bonds is 6. The highest BCUT2D eigenvalue weighted by atomic mass is 32.2. The predicted octanol–water partition coefficient (Wildman–Crippen LogP) is 2.96. The van der Waals surface area contributed by atoms with Crippen molar-refractivity contribution in [1.82, 2.24) is 5.32 Å². The first-order chi connectivity index (χ1) is 11.4. The monoisotopic (exact) mass is 346 g/mol. The minimum absolute atomic E-state index is 0.208. The molecule has 1 N–H and O–H groups in total. The maximum Gasteiger partial charge on any atom is 0.264 e. The highest BCUT2D eigenvalue weighted by molar-refractivity contribution is 7.92. The van der Waals surface area contributed by atoms with Gasteiger partial charge in [0.25, 0.3) is 15.9 Å². The normalized spacial score (nSPS) is 11.1. The first-order valence-electron chi connectivity index (χ1n) is 7.80. The fourth-order valence-electron chi connectivity index (χ4n) is 2.19.